The zero-order valence-electron chi connectivity index (χ0n) is 12.7. The number of benzene rings is 3. The predicted molar refractivity (Wildman–Crippen MR) is 95.6 cm³/mol. The van der Waals surface area contributed by atoms with Crippen LogP contribution in [0.1, 0.15) is 0 Å². The van der Waals surface area contributed by atoms with E-state index in [0.29, 0.717) is 5.82 Å². The van der Waals surface area contributed by atoms with Crippen LogP contribution in [0.25, 0.3) is 44.1 Å². The Labute approximate surface area is 137 Å². The van der Waals surface area contributed by atoms with E-state index in [1.165, 1.54) is 10.8 Å². The van der Waals surface area contributed by atoms with E-state index in [2.05, 4.69) is 45.5 Å². The van der Waals surface area contributed by atoms with Crippen molar-refractivity contribution in [2.45, 2.75) is 0 Å². The van der Waals surface area contributed by atoms with E-state index in [-0.39, 0.29) is 0 Å². The summed E-state index contributed by atoms with van der Waals surface area (Å²) in [6.45, 7) is 0. The van der Waals surface area contributed by atoms with Gasteiger partial charge in [-0.05, 0) is 22.9 Å². The van der Waals surface area contributed by atoms with Crippen LogP contribution in [0.3, 0.4) is 0 Å². The fourth-order valence-electron chi connectivity index (χ4n) is 3.15. The van der Waals surface area contributed by atoms with Gasteiger partial charge in [-0.1, -0.05) is 54.6 Å². The third-order valence-electron chi connectivity index (χ3n) is 4.24. The molecule has 0 unspecified atom stereocenters. The molecule has 0 amide bonds. The lowest BCUT2D eigenvalue weighted by Gasteiger charge is -2.09. The van der Waals surface area contributed by atoms with E-state index in [0.717, 1.165) is 27.5 Å². The molecule has 0 aliphatic rings. The van der Waals surface area contributed by atoms with E-state index in [1.54, 1.807) is 6.20 Å². The predicted octanol–water partition coefficient (Wildman–Crippen LogP) is 4.39. The van der Waals surface area contributed by atoms with E-state index in [4.69, 9.17) is 4.98 Å². The van der Waals surface area contributed by atoms with Crippen LogP contribution in [0.2, 0.25) is 0 Å². The molecular weight excluding hydrogens is 296 g/mol. The van der Waals surface area contributed by atoms with Crippen molar-refractivity contribution in [1.82, 2.24) is 20.2 Å². The average molecular weight is 308 g/mol. The molecule has 0 fully saturated rings. The third kappa shape index (κ3) is 1.86. The van der Waals surface area contributed by atoms with Crippen LogP contribution in [0, 0.1) is 0 Å². The molecule has 0 atom stereocenters. The summed E-state index contributed by atoms with van der Waals surface area (Å²) in [5, 5.41) is 13.3. The summed E-state index contributed by atoms with van der Waals surface area (Å²) in [5.41, 5.74) is 2.41. The van der Waals surface area contributed by atoms with Crippen LogP contribution in [0.5, 0.6) is 0 Å². The second-order valence-electron chi connectivity index (χ2n) is 5.64. The maximum absolute atomic E-state index is 4.79. The first-order chi connectivity index (χ1) is 11.9. The van der Waals surface area contributed by atoms with Crippen molar-refractivity contribution < 1.29 is 0 Å². The SMILES string of the molecule is c1ccc(-c2nnc3c4ccccc4c4ccccc4c3n2)nc1. The Morgan fingerprint density at radius 2 is 1.17 bits per heavy atom. The summed E-state index contributed by atoms with van der Waals surface area (Å²) in [7, 11) is 0. The van der Waals surface area contributed by atoms with Crippen molar-refractivity contribution in [2.24, 2.45) is 0 Å². The molecule has 0 saturated heterocycles. The molecule has 0 bridgehead atoms. The Balaban J connectivity index is 1.96. The molecule has 4 heteroatoms. The Morgan fingerprint density at radius 3 is 1.83 bits per heavy atom. The van der Waals surface area contributed by atoms with E-state index in [1.807, 2.05) is 36.4 Å². The lowest BCUT2D eigenvalue weighted by molar-refractivity contribution is 1.02. The van der Waals surface area contributed by atoms with Crippen molar-refractivity contribution in [1.29, 1.82) is 0 Å². The summed E-state index contributed by atoms with van der Waals surface area (Å²) < 4.78 is 0. The van der Waals surface area contributed by atoms with Crippen LogP contribution in [0.4, 0.5) is 0 Å². The zero-order valence-corrected chi connectivity index (χ0v) is 12.7. The van der Waals surface area contributed by atoms with Gasteiger partial charge in [0.25, 0.3) is 0 Å². The molecule has 2 aromatic heterocycles. The molecule has 5 rings (SSSR count). The minimum absolute atomic E-state index is 0.545. The van der Waals surface area contributed by atoms with Crippen LogP contribution in [-0.2, 0) is 0 Å². The van der Waals surface area contributed by atoms with E-state index >= 15 is 0 Å². The van der Waals surface area contributed by atoms with Crippen molar-refractivity contribution >= 4 is 32.6 Å². The Morgan fingerprint density at radius 1 is 0.542 bits per heavy atom. The van der Waals surface area contributed by atoms with Crippen molar-refractivity contribution in [2.75, 3.05) is 0 Å². The van der Waals surface area contributed by atoms with Crippen LogP contribution in [-0.4, -0.2) is 20.2 Å². The smallest absolute Gasteiger partial charge is 0.201 e. The highest BCUT2D eigenvalue weighted by molar-refractivity contribution is 6.22. The molecule has 5 aromatic rings. The lowest BCUT2D eigenvalue weighted by Crippen LogP contribution is -1.97. The topological polar surface area (TPSA) is 51.6 Å². The minimum Gasteiger partial charge on any atom is -0.253 e. The first kappa shape index (κ1) is 13.1. The maximum atomic E-state index is 4.79. The molecule has 0 radical (unpaired) electrons. The van der Waals surface area contributed by atoms with Gasteiger partial charge in [-0.2, -0.15) is 0 Å². The van der Waals surface area contributed by atoms with Gasteiger partial charge in [0, 0.05) is 17.0 Å². The summed E-state index contributed by atoms with van der Waals surface area (Å²) in [6, 6.07) is 22.2. The Bertz CT molecular complexity index is 1160. The lowest BCUT2D eigenvalue weighted by atomic mass is 10.00. The van der Waals surface area contributed by atoms with Crippen molar-refractivity contribution in [3.8, 4) is 11.5 Å². The molecule has 4 nitrogen and oxygen atoms in total. The number of pyridine rings is 1. The normalized spacial score (nSPS) is 11.3. The molecule has 0 aliphatic heterocycles. The van der Waals surface area contributed by atoms with Gasteiger partial charge in [-0.15, -0.1) is 10.2 Å². The number of rotatable bonds is 1. The van der Waals surface area contributed by atoms with E-state index < -0.39 is 0 Å². The van der Waals surface area contributed by atoms with E-state index in [9.17, 15) is 0 Å². The quantitative estimate of drug-likeness (QED) is 0.431. The Kier molecular flexibility index (Phi) is 2.76. The largest absolute Gasteiger partial charge is 0.253 e. The monoisotopic (exact) mass is 308 g/mol. The highest BCUT2D eigenvalue weighted by Crippen LogP contribution is 2.32. The molecule has 24 heavy (non-hydrogen) atoms. The number of aromatic nitrogens is 4. The summed E-state index contributed by atoms with van der Waals surface area (Å²) in [6.07, 6.45) is 1.74. The number of hydrogen-bond acceptors (Lipinski definition) is 4. The van der Waals surface area contributed by atoms with Crippen LogP contribution >= 0.6 is 0 Å². The molecule has 3 aromatic carbocycles. The molecule has 0 aliphatic carbocycles. The Hall–Kier alpha value is -3.40. The van der Waals surface area contributed by atoms with Crippen LogP contribution in [0.15, 0.2) is 72.9 Å². The van der Waals surface area contributed by atoms with Gasteiger partial charge in [-0.3, -0.25) is 4.98 Å². The molecule has 0 N–H and O–H groups in total. The fraction of sp³-hybridized carbons (Fsp3) is 0. The van der Waals surface area contributed by atoms with Crippen molar-refractivity contribution in [3.63, 3.8) is 0 Å². The van der Waals surface area contributed by atoms with Gasteiger partial charge in [-0.25, -0.2) is 4.98 Å². The second kappa shape index (κ2) is 5.06. The number of fused-ring (bicyclic) bond motifs is 6. The van der Waals surface area contributed by atoms with Gasteiger partial charge in [0.15, 0.2) is 0 Å². The third-order valence-corrected chi connectivity index (χ3v) is 4.24. The summed E-state index contributed by atoms with van der Waals surface area (Å²) in [5.74, 6) is 0.545. The van der Waals surface area contributed by atoms with Crippen molar-refractivity contribution in [3.05, 3.63) is 72.9 Å². The molecular formula is C20H12N4. The van der Waals surface area contributed by atoms with Gasteiger partial charge in [0.05, 0.1) is 0 Å². The first-order valence-electron chi connectivity index (χ1n) is 7.77. The number of nitrogens with zero attached hydrogens (tertiary/aromatic N) is 4. The van der Waals surface area contributed by atoms with Gasteiger partial charge in [0.2, 0.25) is 5.82 Å². The minimum atomic E-state index is 0.545. The molecule has 112 valence electrons. The summed E-state index contributed by atoms with van der Waals surface area (Å²) >= 11 is 0. The first-order valence-corrected chi connectivity index (χ1v) is 7.77. The average Bonchev–Trinajstić information content (AvgIpc) is 2.68. The van der Waals surface area contributed by atoms with Crippen LogP contribution < -0.4 is 0 Å². The summed E-state index contributed by atoms with van der Waals surface area (Å²) in [4.78, 5) is 9.12. The van der Waals surface area contributed by atoms with Gasteiger partial charge < -0.3 is 0 Å². The zero-order chi connectivity index (χ0) is 15.9. The second-order valence-corrected chi connectivity index (χ2v) is 5.64. The van der Waals surface area contributed by atoms with Gasteiger partial charge in [0.1, 0.15) is 16.7 Å². The highest BCUT2D eigenvalue weighted by Gasteiger charge is 2.12. The maximum Gasteiger partial charge on any atom is 0.201 e. The fourth-order valence-corrected chi connectivity index (χ4v) is 3.15. The molecule has 0 saturated carbocycles. The molecule has 0 spiro atoms. The van der Waals surface area contributed by atoms with Gasteiger partial charge >= 0.3 is 0 Å². The highest BCUT2D eigenvalue weighted by atomic mass is 15.2. The number of hydrogen-bond donors (Lipinski definition) is 0. The molecule has 2 heterocycles. The standard InChI is InChI=1S/C20H12N4/c1-3-9-15-13(7-1)14-8-2-4-10-16(14)19-18(15)22-20(24-23-19)17-11-5-6-12-21-17/h1-12H.